The Morgan fingerprint density at radius 2 is 1.88 bits per heavy atom. The molecule has 0 saturated heterocycles. The van der Waals surface area contributed by atoms with Crippen LogP contribution in [-0.2, 0) is 0 Å². The Morgan fingerprint density at radius 1 is 1.25 bits per heavy atom. The summed E-state index contributed by atoms with van der Waals surface area (Å²) in [5.74, 6) is 6.58. The van der Waals surface area contributed by atoms with Crippen molar-refractivity contribution in [3.05, 3.63) is 32.7 Å². The van der Waals surface area contributed by atoms with E-state index in [4.69, 9.17) is 5.84 Å². The van der Waals surface area contributed by atoms with Crippen LogP contribution in [0.2, 0.25) is 0 Å². The smallest absolute Gasteiger partial charge is 0.0460 e. The van der Waals surface area contributed by atoms with Gasteiger partial charge in [-0.05, 0) is 42.5 Å². The Balaban J connectivity index is 2.04. The highest BCUT2D eigenvalue weighted by Crippen LogP contribution is 2.36. The second kappa shape index (κ2) is 5.63. The van der Waals surface area contributed by atoms with Crippen molar-refractivity contribution in [3.8, 4) is 0 Å². The molecule has 4 heteroatoms. The zero-order chi connectivity index (χ0) is 11.5. The number of benzene rings is 1. The molecule has 0 bridgehead atoms. The van der Waals surface area contributed by atoms with E-state index in [2.05, 4.69) is 49.4 Å². The molecule has 88 valence electrons. The van der Waals surface area contributed by atoms with Gasteiger partial charge in [-0.3, -0.25) is 11.3 Å². The molecule has 3 N–H and O–H groups in total. The molecule has 0 radical (unpaired) electrons. The second-order valence-electron chi connectivity index (χ2n) is 4.44. The van der Waals surface area contributed by atoms with Gasteiger partial charge in [0.05, 0.1) is 0 Å². The van der Waals surface area contributed by atoms with Crippen LogP contribution in [0.4, 0.5) is 0 Å². The highest BCUT2D eigenvalue weighted by molar-refractivity contribution is 9.11. The van der Waals surface area contributed by atoms with Crippen molar-refractivity contribution in [2.45, 2.75) is 31.7 Å². The molecule has 1 aromatic rings. The lowest BCUT2D eigenvalue weighted by Crippen LogP contribution is -2.28. The van der Waals surface area contributed by atoms with Crippen LogP contribution in [0.1, 0.15) is 37.3 Å². The quantitative estimate of drug-likeness (QED) is 0.626. The van der Waals surface area contributed by atoms with E-state index in [0.29, 0.717) is 0 Å². The third-order valence-corrected chi connectivity index (χ3v) is 3.96. The molecule has 1 aliphatic carbocycles. The number of hydrazine groups is 1. The minimum Gasteiger partial charge on any atom is -0.271 e. The fourth-order valence-electron chi connectivity index (χ4n) is 1.93. The molecular weight excluding hydrogens is 332 g/mol. The molecule has 1 saturated carbocycles. The molecule has 0 aromatic heterocycles. The maximum atomic E-state index is 5.63. The second-order valence-corrected chi connectivity index (χ2v) is 6.27. The fourth-order valence-corrected chi connectivity index (χ4v) is 3.26. The van der Waals surface area contributed by atoms with Crippen molar-refractivity contribution in [3.63, 3.8) is 0 Å². The molecule has 0 heterocycles. The van der Waals surface area contributed by atoms with E-state index >= 15 is 0 Å². The van der Waals surface area contributed by atoms with E-state index in [1.165, 1.54) is 24.8 Å². The van der Waals surface area contributed by atoms with Crippen LogP contribution in [0.15, 0.2) is 27.1 Å². The van der Waals surface area contributed by atoms with Gasteiger partial charge in [0.2, 0.25) is 0 Å². The van der Waals surface area contributed by atoms with Crippen LogP contribution >= 0.6 is 31.9 Å². The standard InChI is InChI=1S/C12H16Br2N2/c13-10-5-9(6-11(14)7-10)12(16-15)4-3-8-1-2-8/h5-8,12,16H,1-4,15H2. The van der Waals surface area contributed by atoms with E-state index in [9.17, 15) is 0 Å². The number of nitrogens with one attached hydrogen (secondary N) is 1. The number of nitrogens with two attached hydrogens (primary N) is 1. The van der Waals surface area contributed by atoms with Crippen LogP contribution in [0.25, 0.3) is 0 Å². The molecule has 1 atom stereocenters. The third-order valence-electron chi connectivity index (χ3n) is 3.05. The first kappa shape index (κ1) is 12.6. The minimum absolute atomic E-state index is 0.259. The summed E-state index contributed by atoms with van der Waals surface area (Å²) in [6, 6.07) is 6.55. The molecule has 1 aliphatic rings. The normalized spacial score (nSPS) is 17.4. The predicted octanol–water partition coefficient (Wildman–Crippen LogP) is 3.91. The molecule has 1 aromatic carbocycles. The zero-order valence-corrected chi connectivity index (χ0v) is 12.2. The molecule has 2 rings (SSSR count). The lowest BCUT2D eigenvalue weighted by Gasteiger charge is -2.16. The lowest BCUT2D eigenvalue weighted by molar-refractivity contribution is 0.481. The number of hydrogen-bond acceptors (Lipinski definition) is 2. The molecule has 1 fully saturated rings. The van der Waals surface area contributed by atoms with E-state index < -0.39 is 0 Å². The largest absolute Gasteiger partial charge is 0.271 e. The summed E-state index contributed by atoms with van der Waals surface area (Å²) in [7, 11) is 0. The van der Waals surface area contributed by atoms with Gasteiger partial charge in [0, 0.05) is 15.0 Å². The number of hydrogen-bond donors (Lipinski definition) is 2. The lowest BCUT2D eigenvalue weighted by atomic mass is 10.0. The molecule has 0 amide bonds. The maximum absolute atomic E-state index is 5.63. The van der Waals surface area contributed by atoms with Gasteiger partial charge in [0.15, 0.2) is 0 Å². The first-order chi connectivity index (χ1) is 7.69. The number of rotatable bonds is 5. The van der Waals surface area contributed by atoms with Crippen LogP contribution in [-0.4, -0.2) is 0 Å². The van der Waals surface area contributed by atoms with Crippen molar-refractivity contribution in [2.75, 3.05) is 0 Å². The summed E-state index contributed by atoms with van der Waals surface area (Å²) in [6.07, 6.45) is 5.20. The third kappa shape index (κ3) is 3.55. The van der Waals surface area contributed by atoms with Crippen LogP contribution in [0.5, 0.6) is 0 Å². The van der Waals surface area contributed by atoms with Crippen LogP contribution in [0, 0.1) is 5.92 Å². The van der Waals surface area contributed by atoms with Crippen molar-refractivity contribution >= 4 is 31.9 Å². The van der Waals surface area contributed by atoms with Crippen molar-refractivity contribution in [1.82, 2.24) is 5.43 Å². The highest BCUT2D eigenvalue weighted by Gasteiger charge is 2.22. The summed E-state index contributed by atoms with van der Waals surface area (Å²) < 4.78 is 2.17. The Morgan fingerprint density at radius 3 is 2.38 bits per heavy atom. The van der Waals surface area contributed by atoms with Gasteiger partial charge >= 0.3 is 0 Å². The average molecular weight is 348 g/mol. The average Bonchev–Trinajstić information content (AvgIpc) is 3.01. The van der Waals surface area contributed by atoms with Gasteiger partial charge in [-0.15, -0.1) is 0 Å². The minimum atomic E-state index is 0.259. The van der Waals surface area contributed by atoms with E-state index in [1.807, 2.05) is 6.07 Å². The molecule has 2 nitrogen and oxygen atoms in total. The Bertz CT molecular complexity index is 344. The van der Waals surface area contributed by atoms with Gasteiger partial charge in [-0.1, -0.05) is 44.7 Å². The summed E-state index contributed by atoms with van der Waals surface area (Å²) in [6.45, 7) is 0. The van der Waals surface area contributed by atoms with Gasteiger partial charge in [-0.25, -0.2) is 0 Å². The molecule has 16 heavy (non-hydrogen) atoms. The fraction of sp³-hybridized carbons (Fsp3) is 0.500. The van der Waals surface area contributed by atoms with Crippen LogP contribution < -0.4 is 11.3 Å². The van der Waals surface area contributed by atoms with E-state index in [1.54, 1.807) is 0 Å². The van der Waals surface area contributed by atoms with E-state index in [-0.39, 0.29) is 6.04 Å². The molecule has 0 aliphatic heterocycles. The van der Waals surface area contributed by atoms with Crippen molar-refractivity contribution < 1.29 is 0 Å². The van der Waals surface area contributed by atoms with Gasteiger partial charge in [0.25, 0.3) is 0 Å². The summed E-state index contributed by atoms with van der Waals surface area (Å²) in [5, 5.41) is 0. The molecule has 0 spiro atoms. The Labute approximate surface area is 113 Å². The van der Waals surface area contributed by atoms with Gasteiger partial charge < -0.3 is 0 Å². The first-order valence-corrected chi connectivity index (χ1v) is 7.20. The SMILES string of the molecule is NNC(CCC1CC1)c1cc(Br)cc(Br)c1. The van der Waals surface area contributed by atoms with E-state index in [0.717, 1.165) is 21.3 Å². The monoisotopic (exact) mass is 346 g/mol. The number of halogens is 2. The topological polar surface area (TPSA) is 38.0 Å². The Kier molecular flexibility index (Phi) is 4.41. The summed E-state index contributed by atoms with van der Waals surface area (Å²) >= 11 is 7.01. The summed E-state index contributed by atoms with van der Waals surface area (Å²) in [5.41, 5.74) is 4.15. The predicted molar refractivity (Wildman–Crippen MR) is 73.9 cm³/mol. The van der Waals surface area contributed by atoms with Crippen molar-refractivity contribution in [1.29, 1.82) is 0 Å². The molecule has 1 unspecified atom stereocenters. The van der Waals surface area contributed by atoms with Gasteiger partial charge in [-0.2, -0.15) is 0 Å². The van der Waals surface area contributed by atoms with Crippen LogP contribution in [0.3, 0.4) is 0 Å². The Hall–Kier alpha value is 0.1000. The highest BCUT2D eigenvalue weighted by atomic mass is 79.9. The van der Waals surface area contributed by atoms with Gasteiger partial charge in [0.1, 0.15) is 0 Å². The zero-order valence-electron chi connectivity index (χ0n) is 9.05. The van der Waals surface area contributed by atoms with Crippen molar-refractivity contribution in [2.24, 2.45) is 11.8 Å². The summed E-state index contributed by atoms with van der Waals surface area (Å²) in [4.78, 5) is 0. The molecular formula is C12H16Br2N2. The first-order valence-electron chi connectivity index (χ1n) is 5.61. The maximum Gasteiger partial charge on any atom is 0.0460 e.